The standard InChI is InChI=1S/C9H12P/c1-8(2)10-9-6-4-3-5-7-9/h3-8H,1-2H3. The van der Waals surface area contributed by atoms with E-state index < -0.39 is 0 Å². The van der Waals surface area contributed by atoms with Crippen molar-refractivity contribution in [1.29, 1.82) is 0 Å². The van der Waals surface area contributed by atoms with Crippen LogP contribution in [0.3, 0.4) is 0 Å². The number of benzene rings is 1. The summed E-state index contributed by atoms with van der Waals surface area (Å²) in [7, 11) is 1.43. The molecule has 0 unspecified atom stereocenters. The highest BCUT2D eigenvalue weighted by atomic mass is 31.1. The molecule has 0 heterocycles. The fourth-order valence-electron chi connectivity index (χ4n) is 0.812. The quantitative estimate of drug-likeness (QED) is 0.570. The molecule has 53 valence electrons. The predicted molar refractivity (Wildman–Crippen MR) is 48.1 cm³/mol. The maximum absolute atomic E-state index is 2.23. The fraction of sp³-hybridized carbons (Fsp3) is 0.333. The molecule has 1 rings (SSSR count). The first-order valence-corrected chi connectivity index (χ1v) is 4.51. The monoisotopic (exact) mass is 151 g/mol. The molecule has 0 saturated carbocycles. The molecule has 0 aliphatic rings. The first-order valence-electron chi connectivity index (χ1n) is 3.55. The smallest absolute Gasteiger partial charge is 0.0184 e. The maximum atomic E-state index is 2.23. The molecule has 0 aliphatic heterocycles. The second-order valence-corrected chi connectivity index (χ2v) is 4.37. The van der Waals surface area contributed by atoms with Crippen LogP contribution in [0.15, 0.2) is 30.3 Å². The first-order chi connectivity index (χ1) is 4.79. The van der Waals surface area contributed by atoms with Crippen molar-refractivity contribution in [2.45, 2.75) is 19.5 Å². The van der Waals surface area contributed by atoms with Gasteiger partial charge in [-0.25, -0.2) is 0 Å². The van der Waals surface area contributed by atoms with Crippen LogP contribution in [0.2, 0.25) is 0 Å². The number of hydrogen-bond donors (Lipinski definition) is 0. The summed E-state index contributed by atoms with van der Waals surface area (Å²) in [5.41, 5.74) is 0.738. The summed E-state index contributed by atoms with van der Waals surface area (Å²) in [5.74, 6) is 0. The summed E-state index contributed by atoms with van der Waals surface area (Å²) in [6, 6.07) is 10.6. The molecule has 0 saturated heterocycles. The van der Waals surface area contributed by atoms with E-state index in [1.165, 1.54) is 13.9 Å². The van der Waals surface area contributed by atoms with Gasteiger partial charge < -0.3 is 0 Å². The van der Waals surface area contributed by atoms with E-state index in [1.54, 1.807) is 0 Å². The number of hydrogen-bond acceptors (Lipinski definition) is 0. The second-order valence-electron chi connectivity index (χ2n) is 2.56. The van der Waals surface area contributed by atoms with Gasteiger partial charge in [0.2, 0.25) is 0 Å². The van der Waals surface area contributed by atoms with Crippen LogP contribution in [-0.2, 0) is 0 Å². The lowest BCUT2D eigenvalue weighted by Crippen LogP contribution is -1.96. The molecular weight excluding hydrogens is 139 g/mol. The minimum absolute atomic E-state index is 0.738. The van der Waals surface area contributed by atoms with E-state index in [2.05, 4.69) is 44.2 Å². The molecule has 0 atom stereocenters. The van der Waals surface area contributed by atoms with E-state index in [9.17, 15) is 0 Å². The lowest BCUT2D eigenvalue weighted by Gasteiger charge is -2.01. The van der Waals surface area contributed by atoms with E-state index in [0.717, 1.165) is 5.66 Å². The molecule has 10 heavy (non-hydrogen) atoms. The summed E-state index contributed by atoms with van der Waals surface area (Å²) in [6.45, 7) is 4.46. The van der Waals surface area contributed by atoms with Crippen LogP contribution in [0.5, 0.6) is 0 Å². The SMILES string of the molecule is CC(C)[P]c1ccccc1. The van der Waals surface area contributed by atoms with Crippen molar-refractivity contribution >= 4 is 13.9 Å². The van der Waals surface area contributed by atoms with Crippen molar-refractivity contribution in [2.75, 3.05) is 0 Å². The Labute approximate surface area is 64.4 Å². The Kier molecular flexibility index (Phi) is 2.89. The average Bonchev–Trinajstić information content (AvgIpc) is 1.88. The molecule has 0 bridgehead atoms. The summed E-state index contributed by atoms with van der Waals surface area (Å²) in [4.78, 5) is 0. The summed E-state index contributed by atoms with van der Waals surface area (Å²) >= 11 is 0. The van der Waals surface area contributed by atoms with Crippen molar-refractivity contribution in [3.05, 3.63) is 30.3 Å². The van der Waals surface area contributed by atoms with Crippen LogP contribution < -0.4 is 5.30 Å². The van der Waals surface area contributed by atoms with Gasteiger partial charge in [0, 0.05) is 0 Å². The minimum Gasteiger partial charge on any atom is -0.0622 e. The molecule has 0 amide bonds. The molecule has 1 heteroatoms. The van der Waals surface area contributed by atoms with Crippen LogP contribution in [0, 0.1) is 0 Å². The molecule has 0 nitrogen and oxygen atoms in total. The molecule has 0 fully saturated rings. The van der Waals surface area contributed by atoms with Gasteiger partial charge in [-0.1, -0.05) is 44.2 Å². The predicted octanol–water partition coefficient (Wildman–Crippen LogP) is 2.67. The molecule has 1 aromatic carbocycles. The zero-order chi connectivity index (χ0) is 7.40. The third-order valence-electron chi connectivity index (χ3n) is 1.16. The van der Waals surface area contributed by atoms with Crippen molar-refractivity contribution in [1.82, 2.24) is 0 Å². The van der Waals surface area contributed by atoms with Gasteiger partial charge in [-0.15, -0.1) is 0 Å². The van der Waals surface area contributed by atoms with Crippen molar-refractivity contribution in [2.24, 2.45) is 0 Å². The Bertz CT molecular complexity index is 179. The molecular formula is C9H12P. The zero-order valence-electron chi connectivity index (χ0n) is 6.41. The van der Waals surface area contributed by atoms with E-state index >= 15 is 0 Å². The zero-order valence-corrected chi connectivity index (χ0v) is 7.31. The Morgan fingerprint density at radius 1 is 1.10 bits per heavy atom. The highest BCUT2D eigenvalue weighted by molar-refractivity contribution is 7.47. The Balaban J connectivity index is 2.59. The third-order valence-corrected chi connectivity index (χ3v) is 2.28. The molecule has 0 aliphatic carbocycles. The summed E-state index contributed by atoms with van der Waals surface area (Å²) < 4.78 is 0. The van der Waals surface area contributed by atoms with Crippen LogP contribution >= 0.6 is 8.58 Å². The van der Waals surface area contributed by atoms with Gasteiger partial charge in [-0.05, 0) is 19.5 Å². The highest BCUT2D eigenvalue weighted by Gasteiger charge is 1.94. The van der Waals surface area contributed by atoms with Crippen molar-refractivity contribution in [3.63, 3.8) is 0 Å². The molecule has 1 radical (unpaired) electrons. The first kappa shape index (κ1) is 7.75. The van der Waals surface area contributed by atoms with Crippen LogP contribution in [0.25, 0.3) is 0 Å². The van der Waals surface area contributed by atoms with E-state index in [1.807, 2.05) is 0 Å². The number of rotatable bonds is 2. The van der Waals surface area contributed by atoms with E-state index in [0.29, 0.717) is 0 Å². The Morgan fingerprint density at radius 3 is 2.20 bits per heavy atom. The van der Waals surface area contributed by atoms with Gasteiger partial charge in [0.25, 0.3) is 0 Å². The minimum atomic E-state index is 0.738. The van der Waals surface area contributed by atoms with Crippen LogP contribution in [0.1, 0.15) is 13.8 Å². The van der Waals surface area contributed by atoms with Gasteiger partial charge in [0.15, 0.2) is 0 Å². The summed E-state index contributed by atoms with van der Waals surface area (Å²) in [5, 5.41) is 1.41. The van der Waals surface area contributed by atoms with Gasteiger partial charge in [0.05, 0.1) is 0 Å². The van der Waals surface area contributed by atoms with Crippen LogP contribution in [0.4, 0.5) is 0 Å². The Hall–Kier alpha value is -0.350. The summed E-state index contributed by atoms with van der Waals surface area (Å²) in [6.07, 6.45) is 0. The van der Waals surface area contributed by atoms with Crippen molar-refractivity contribution in [3.8, 4) is 0 Å². The molecule has 0 N–H and O–H groups in total. The lowest BCUT2D eigenvalue weighted by molar-refractivity contribution is 1.11. The fourth-order valence-corrected chi connectivity index (χ4v) is 1.75. The lowest BCUT2D eigenvalue weighted by atomic mass is 10.4. The van der Waals surface area contributed by atoms with Gasteiger partial charge in [-0.3, -0.25) is 0 Å². The van der Waals surface area contributed by atoms with Gasteiger partial charge in [-0.2, -0.15) is 0 Å². The average molecular weight is 151 g/mol. The van der Waals surface area contributed by atoms with Gasteiger partial charge in [0.1, 0.15) is 0 Å². The molecule has 1 aromatic rings. The normalized spacial score (nSPS) is 11.5. The van der Waals surface area contributed by atoms with Crippen LogP contribution in [-0.4, -0.2) is 5.66 Å². The molecule has 0 aromatic heterocycles. The van der Waals surface area contributed by atoms with Gasteiger partial charge >= 0.3 is 0 Å². The van der Waals surface area contributed by atoms with Crippen molar-refractivity contribution < 1.29 is 0 Å². The van der Waals surface area contributed by atoms with E-state index in [4.69, 9.17) is 0 Å². The third kappa shape index (κ3) is 2.49. The maximum Gasteiger partial charge on any atom is -0.0184 e. The Morgan fingerprint density at radius 2 is 1.70 bits per heavy atom. The highest BCUT2D eigenvalue weighted by Crippen LogP contribution is 2.16. The second kappa shape index (κ2) is 3.73. The molecule has 0 spiro atoms. The largest absolute Gasteiger partial charge is 0.0622 e. The topological polar surface area (TPSA) is 0 Å². The van der Waals surface area contributed by atoms with E-state index in [-0.39, 0.29) is 0 Å².